The van der Waals surface area contributed by atoms with E-state index >= 15 is 0 Å². The second kappa shape index (κ2) is 8.36. The molecule has 0 fully saturated rings. The number of carboxylic acid groups (broad SMARTS) is 1. The normalized spacial score (nSPS) is 13.9. The van der Waals surface area contributed by atoms with E-state index in [9.17, 15) is 9.90 Å². The number of pyridine rings is 1. The van der Waals surface area contributed by atoms with E-state index < -0.39 is 17.7 Å². The van der Waals surface area contributed by atoms with E-state index in [1.54, 1.807) is 35.1 Å². The highest BCUT2D eigenvalue weighted by Gasteiger charge is 2.33. The van der Waals surface area contributed by atoms with Crippen LogP contribution in [-0.4, -0.2) is 53.9 Å². The molecule has 10 heteroatoms. The average molecular weight is 453 g/mol. The average Bonchev–Trinajstić information content (AvgIpc) is 3.33. The summed E-state index contributed by atoms with van der Waals surface area (Å²) in [6.45, 7) is 9.59. The molecule has 0 bridgehead atoms. The molecule has 0 aromatic carbocycles. The molecule has 4 heterocycles. The highest BCUT2D eigenvalue weighted by Crippen LogP contribution is 2.35. The topological polar surface area (TPSA) is 132 Å². The fourth-order valence-corrected chi connectivity index (χ4v) is 3.92. The van der Waals surface area contributed by atoms with Crippen molar-refractivity contribution in [2.24, 2.45) is 5.73 Å². The predicted molar refractivity (Wildman–Crippen MR) is 123 cm³/mol. The van der Waals surface area contributed by atoms with Gasteiger partial charge in [0.1, 0.15) is 17.9 Å². The number of rotatable bonds is 6. The van der Waals surface area contributed by atoms with Crippen molar-refractivity contribution >= 4 is 22.7 Å². The van der Waals surface area contributed by atoms with Crippen LogP contribution in [0.3, 0.4) is 0 Å². The standard InChI is InChI=1S/C23H28N6O4/c1-13(24)12-32-20-7-6-19-26-11-16(29(19)27-20)18-10-15-17(33-18)8-9-25-21(15)14(2)28(22(30)31)23(3,4)5/h6-11,13-14H,12,24H2,1-5H3,(H,30,31)/t13-,14?/m0/s1. The van der Waals surface area contributed by atoms with Crippen LogP contribution in [0.5, 0.6) is 5.88 Å². The highest BCUT2D eigenvalue weighted by molar-refractivity contribution is 5.85. The van der Waals surface area contributed by atoms with E-state index in [4.69, 9.17) is 14.9 Å². The number of fused-ring (bicyclic) bond motifs is 2. The Labute approximate surface area is 191 Å². The molecule has 10 nitrogen and oxygen atoms in total. The lowest BCUT2D eigenvalue weighted by molar-refractivity contribution is 0.0745. The molecule has 2 atom stereocenters. The molecule has 0 saturated carbocycles. The zero-order chi connectivity index (χ0) is 23.9. The fourth-order valence-electron chi connectivity index (χ4n) is 3.92. The quantitative estimate of drug-likeness (QED) is 0.447. The number of hydrogen-bond acceptors (Lipinski definition) is 7. The lowest BCUT2D eigenvalue weighted by Gasteiger charge is -2.37. The van der Waals surface area contributed by atoms with Crippen LogP contribution in [-0.2, 0) is 0 Å². The predicted octanol–water partition coefficient (Wildman–Crippen LogP) is 4.10. The number of carbonyl (C=O) groups is 1. The zero-order valence-electron chi connectivity index (χ0n) is 19.3. The third-order valence-corrected chi connectivity index (χ3v) is 5.27. The van der Waals surface area contributed by atoms with Crippen molar-refractivity contribution in [3.05, 3.63) is 42.4 Å². The van der Waals surface area contributed by atoms with Gasteiger partial charge in [0.15, 0.2) is 11.4 Å². The molecule has 4 aromatic heterocycles. The Morgan fingerprint density at radius 1 is 1.27 bits per heavy atom. The molecule has 0 aliphatic heterocycles. The minimum absolute atomic E-state index is 0.119. The van der Waals surface area contributed by atoms with Crippen molar-refractivity contribution in [1.82, 2.24) is 24.5 Å². The van der Waals surface area contributed by atoms with E-state index in [0.717, 1.165) is 5.39 Å². The Balaban J connectivity index is 1.77. The molecule has 0 spiro atoms. The molecule has 33 heavy (non-hydrogen) atoms. The SMILES string of the molecule is CC(c1nccc2oc(-c3cnc4ccc(OC[C@H](C)N)nn34)cc12)N(C(=O)O)C(C)(C)C. The third-order valence-electron chi connectivity index (χ3n) is 5.27. The summed E-state index contributed by atoms with van der Waals surface area (Å²) in [6.07, 6.45) is 2.28. The van der Waals surface area contributed by atoms with Gasteiger partial charge < -0.3 is 20.0 Å². The van der Waals surface area contributed by atoms with Crippen LogP contribution in [0.4, 0.5) is 4.79 Å². The first kappa shape index (κ1) is 22.5. The lowest BCUT2D eigenvalue weighted by Crippen LogP contribution is -2.46. The number of nitrogens with zero attached hydrogens (tertiary/aromatic N) is 5. The smallest absolute Gasteiger partial charge is 0.408 e. The number of amides is 1. The summed E-state index contributed by atoms with van der Waals surface area (Å²) >= 11 is 0. The largest absolute Gasteiger partial charge is 0.475 e. The molecular formula is C23H28N6O4. The Hall–Kier alpha value is -3.66. The maximum atomic E-state index is 12.0. The van der Waals surface area contributed by atoms with Crippen LogP contribution in [0, 0.1) is 0 Å². The first-order chi connectivity index (χ1) is 15.6. The Bertz CT molecular complexity index is 1300. The van der Waals surface area contributed by atoms with Gasteiger partial charge in [-0.1, -0.05) is 0 Å². The van der Waals surface area contributed by atoms with Gasteiger partial charge in [-0.3, -0.25) is 9.88 Å². The van der Waals surface area contributed by atoms with Gasteiger partial charge in [0, 0.05) is 29.2 Å². The summed E-state index contributed by atoms with van der Waals surface area (Å²) in [5, 5.41) is 15.1. The van der Waals surface area contributed by atoms with Gasteiger partial charge in [-0.2, -0.15) is 0 Å². The molecule has 174 valence electrons. The van der Waals surface area contributed by atoms with E-state index in [0.29, 0.717) is 40.9 Å². The number of aromatic nitrogens is 4. The molecule has 4 rings (SSSR count). The van der Waals surface area contributed by atoms with Crippen LogP contribution < -0.4 is 10.5 Å². The van der Waals surface area contributed by atoms with Crippen molar-refractivity contribution in [2.75, 3.05) is 6.61 Å². The summed E-state index contributed by atoms with van der Waals surface area (Å²) in [6, 6.07) is 6.53. The summed E-state index contributed by atoms with van der Waals surface area (Å²) in [5.74, 6) is 0.960. The maximum Gasteiger partial charge on any atom is 0.408 e. The molecule has 0 saturated heterocycles. The zero-order valence-corrected chi connectivity index (χ0v) is 19.3. The van der Waals surface area contributed by atoms with Crippen molar-refractivity contribution < 1.29 is 19.1 Å². The van der Waals surface area contributed by atoms with Crippen molar-refractivity contribution in [3.8, 4) is 17.3 Å². The van der Waals surface area contributed by atoms with Gasteiger partial charge >= 0.3 is 6.09 Å². The molecule has 1 amide bonds. The van der Waals surface area contributed by atoms with Gasteiger partial charge in [-0.25, -0.2) is 14.3 Å². The Kier molecular flexibility index (Phi) is 5.71. The van der Waals surface area contributed by atoms with Gasteiger partial charge in [0.2, 0.25) is 5.88 Å². The summed E-state index contributed by atoms with van der Waals surface area (Å²) in [4.78, 5) is 22.3. The molecule has 0 aliphatic carbocycles. The molecule has 0 radical (unpaired) electrons. The van der Waals surface area contributed by atoms with Crippen molar-refractivity contribution in [1.29, 1.82) is 0 Å². The first-order valence-electron chi connectivity index (χ1n) is 10.7. The summed E-state index contributed by atoms with van der Waals surface area (Å²) in [7, 11) is 0. The van der Waals surface area contributed by atoms with Crippen LogP contribution in [0.15, 0.2) is 41.1 Å². The number of ether oxygens (including phenoxy) is 1. The molecule has 0 aliphatic rings. The first-order valence-corrected chi connectivity index (χ1v) is 10.7. The molecule has 4 aromatic rings. The van der Waals surface area contributed by atoms with Crippen LogP contribution in [0.25, 0.3) is 28.1 Å². The second-order valence-electron chi connectivity index (χ2n) is 9.09. The van der Waals surface area contributed by atoms with Crippen LogP contribution in [0.1, 0.15) is 46.4 Å². The minimum Gasteiger partial charge on any atom is -0.475 e. The minimum atomic E-state index is -1.01. The molecular weight excluding hydrogens is 424 g/mol. The number of furan rings is 1. The summed E-state index contributed by atoms with van der Waals surface area (Å²) in [5.41, 5.74) is 7.64. The second-order valence-corrected chi connectivity index (χ2v) is 9.09. The Morgan fingerprint density at radius 2 is 2.03 bits per heavy atom. The van der Waals surface area contributed by atoms with E-state index in [-0.39, 0.29) is 6.04 Å². The van der Waals surface area contributed by atoms with Crippen molar-refractivity contribution in [2.45, 2.75) is 52.2 Å². The number of nitrogens with two attached hydrogens (primary N) is 1. The van der Waals surface area contributed by atoms with Gasteiger partial charge in [0.25, 0.3) is 0 Å². The van der Waals surface area contributed by atoms with Gasteiger partial charge in [-0.05, 0) is 52.8 Å². The van der Waals surface area contributed by atoms with Crippen molar-refractivity contribution in [3.63, 3.8) is 0 Å². The highest BCUT2D eigenvalue weighted by atomic mass is 16.5. The summed E-state index contributed by atoms with van der Waals surface area (Å²) < 4.78 is 13.4. The lowest BCUT2D eigenvalue weighted by atomic mass is 10.0. The van der Waals surface area contributed by atoms with Crippen LogP contribution >= 0.6 is 0 Å². The molecule has 1 unspecified atom stereocenters. The number of hydrogen-bond donors (Lipinski definition) is 2. The van der Waals surface area contributed by atoms with E-state index in [1.807, 2.05) is 40.7 Å². The monoisotopic (exact) mass is 452 g/mol. The molecule has 3 N–H and O–H groups in total. The van der Waals surface area contributed by atoms with E-state index in [1.165, 1.54) is 4.90 Å². The third kappa shape index (κ3) is 4.34. The number of imidazole rings is 1. The fraction of sp³-hybridized carbons (Fsp3) is 0.391. The Morgan fingerprint density at radius 3 is 2.70 bits per heavy atom. The van der Waals surface area contributed by atoms with E-state index in [2.05, 4.69) is 15.1 Å². The van der Waals surface area contributed by atoms with Gasteiger partial charge in [-0.15, -0.1) is 5.10 Å². The maximum absolute atomic E-state index is 12.0. The van der Waals surface area contributed by atoms with Crippen LogP contribution in [0.2, 0.25) is 0 Å². The van der Waals surface area contributed by atoms with Gasteiger partial charge in [0.05, 0.1) is 17.9 Å².